The number of aromatic nitrogens is 3. The summed E-state index contributed by atoms with van der Waals surface area (Å²) in [4.78, 5) is 12.0. The van der Waals surface area contributed by atoms with Gasteiger partial charge in [0.1, 0.15) is 6.33 Å². The first-order chi connectivity index (χ1) is 10.4. The third-order valence-electron chi connectivity index (χ3n) is 3.52. The topological polar surface area (TPSA) is 59.8 Å². The molecule has 0 spiro atoms. The summed E-state index contributed by atoms with van der Waals surface area (Å²) in [5, 5.41) is 11.8. The normalized spacial score (nSPS) is 11.5. The van der Waals surface area contributed by atoms with Crippen molar-refractivity contribution in [2.24, 2.45) is 0 Å². The third kappa shape index (κ3) is 4.34. The minimum Gasteiger partial charge on any atom is -0.351 e. The van der Waals surface area contributed by atoms with Crippen LogP contribution in [0.15, 0.2) is 35.7 Å². The van der Waals surface area contributed by atoms with Gasteiger partial charge in [-0.05, 0) is 39.3 Å². The van der Waals surface area contributed by atoms with Crippen molar-refractivity contribution in [3.63, 3.8) is 0 Å². The highest BCUT2D eigenvalue weighted by Gasteiger charge is 2.18. The average Bonchev–Trinajstić information content (AvgIpc) is 2.94. The molecule has 1 aromatic heterocycles. The Morgan fingerprint density at radius 2 is 2.00 bits per heavy atom. The van der Waals surface area contributed by atoms with E-state index >= 15 is 0 Å². The molecule has 118 valence electrons. The number of rotatable bonds is 6. The maximum Gasteiger partial charge on any atom is 0.230 e. The Balaban J connectivity index is 2.02. The van der Waals surface area contributed by atoms with Gasteiger partial charge in [0.15, 0.2) is 5.16 Å². The quantitative estimate of drug-likeness (QED) is 0.832. The molecule has 0 saturated heterocycles. The number of carbonyl (C=O) groups is 1. The molecule has 1 amide bonds. The fraction of sp³-hybridized carbons (Fsp3) is 0.438. The molecule has 0 atom stereocenters. The molecular formula is C16H22N4OS. The smallest absolute Gasteiger partial charge is 0.230 e. The Bertz CT molecular complexity index is 634. The van der Waals surface area contributed by atoms with Crippen LogP contribution in [0.4, 0.5) is 0 Å². The first-order valence-electron chi connectivity index (χ1n) is 7.32. The van der Waals surface area contributed by atoms with Crippen molar-refractivity contribution >= 4 is 17.7 Å². The van der Waals surface area contributed by atoms with Crippen LogP contribution in [-0.4, -0.2) is 32.0 Å². The molecule has 1 aromatic carbocycles. The van der Waals surface area contributed by atoms with E-state index in [0.29, 0.717) is 10.9 Å². The number of thioether (sulfide) groups is 1. The van der Waals surface area contributed by atoms with Crippen molar-refractivity contribution in [1.29, 1.82) is 0 Å². The zero-order valence-corrected chi connectivity index (χ0v) is 14.3. The fourth-order valence-corrected chi connectivity index (χ4v) is 2.57. The first kappa shape index (κ1) is 16.5. The highest BCUT2D eigenvalue weighted by molar-refractivity contribution is 7.99. The van der Waals surface area contributed by atoms with Crippen LogP contribution in [0, 0.1) is 6.92 Å². The molecule has 22 heavy (non-hydrogen) atoms. The molecule has 0 unspecified atom stereocenters. The lowest BCUT2D eigenvalue weighted by molar-refractivity contribution is -0.120. The Morgan fingerprint density at radius 1 is 1.32 bits per heavy atom. The van der Waals surface area contributed by atoms with Gasteiger partial charge in [0.25, 0.3) is 0 Å². The summed E-state index contributed by atoms with van der Waals surface area (Å²) >= 11 is 1.39. The number of aryl methyl sites for hydroxylation is 1. The lowest BCUT2D eigenvalue weighted by Gasteiger charge is -2.24. The van der Waals surface area contributed by atoms with Crippen LogP contribution < -0.4 is 5.32 Å². The summed E-state index contributed by atoms with van der Waals surface area (Å²) in [6.07, 6.45) is 2.56. The molecule has 0 aliphatic carbocycles. The molecule has 5 nitrogen and oxygen atoms in total. The molecule has 6 heteroatoms. The summed E-state index contributed by atoms with van der Waals surface area (Å²) in [5.41, 5.74) is 2.02. The molecule has 2 rings (SSSR count). The molecule has 1 N–H and O–H groups in total. The molecule has 0 saturated carbocycles. The monoisotopic (exact) mass is 318 g/mol. The molecule has 2 aromatic rings. The van der Waals surface area contributed by atoms with E-state index in [2.05, 4.69) is 22.4 Å². The van der Waals surface area contributed by atoms with Gasteiger partial charge in [0.05, 0.1) is 5.75 Å². The standard InChI is InChI=1S/C16H22N4OS/c1-5-16(3,4)18-14(21)10-22-15-19-17-11-20(15)13-8-6-12(2)7-9-13/h6-9,11H,5,10H2,1-4H3,(H,18,21). The Hall–Kier alpha value is -1.82. The zero-order chi connectivity index (χ0) is 16.2. The van der Waals surface area contributed by atoms with E-state index < -0.39 is 0 Å². The van der Waals surface area contributed by atoms with E-state index in [0.717, 1.165) is 12.1 Å². The van der Waals surface area contributed by atoms with Crippen LogP contribution in [0.25, 0.3) is 5.69 Å². The van der Waals surface area contributed by atoms with Gasteiger partial charge in [-0.2, -0.15) is 0 Å². The van der Waals surface area contributed by atoms with Gasteiger partial charge < -0.3 is 5.32 Å². The molecule has 0 fully saturated rings. The summed E-state index contributed by atoms with van der Waals surface area (Å²) in [7, 11) is 0. The second-order valence-corrected chi connectivity index (χ2v) is 6.84. The number of hydrogen-bond donors (Lipinski definition) is 1. The van der Waals surface area contributed by atoms with Crippen LogP contribution in [0.3, 0.4) is 0 Å². The van der Waals surface area contributed by atoms with Crippen LogP contribution in [0.5, 0.6) is 0 Å². The number of nitrogens with one attached hydrogen (secondary N) is 1. The van der Waals surface area contributed by atoms with Crippen molar-refractivity contribution in [2.75, 3.05) is 5.75 Å². The van der Waals surface area contributed by atoms with Gasteiger partial charge in [0, 0.05) is 11.2 Å². The number of benzene rings is 1. The number of nitrogens with zero attached hydrogens (tertiary/aromatic N) is 3. The van der Waals surface area contributed by atoms with Gasteiger partial charge in [-0.25, -0.2) is 0 Å². The Kier molecular flexibility index (Phi) is 5.24. The maximum atomic E-state index is 12.0. The minimum atomic E-state index is -0.178. The second-order valence-electron chi connectivity index (χ2n) is 5.89. The van der Waals surface area contributed by atoms with Gasteiger partial charge in [-0.15, -0.1) is 10.2 Å². The highest BCUT2D eigenvalue weighted by atomic mass is 32.2. The van der Waals surface area contributed by atoms with Crippen LogP contribution in [0.2, 0.25) is 0 Å². The SMILES string of the molecule is CCC(C)(C)NC(=O)CSc1nncn1-c1ccc(C)cc1. The summed E-state index contributed by atoms with van der Waals surface area (Å²) < 4.78 is 1.89. The lowest BCUT2D eigenvalue weighted by Crippen LogP contribution is -2.43. The molecule has 0 radical (unpaired) electrons. The summed E-state index contributed by atoms with van der Waals surface area (Å²) in [6.45, 7) is 8.14. The zero-order valence-electron chi connectivity index (χ0n) is 13.5. The molecule has 0 bridgehead atoms. The molecule has 1 heterocycles. The summed E-state index contributed by atoms with van der Waals surface area (Å²) in [6, 6.07) is 8.12. The Labute approximate surface area is 135 Å². The van der Waals surface area contributed by atoms with E-state index in [-0.39, 0.29) is 11.4 Å². The predicted octanol–water partition coefficient (Wildman–Crippen LogP) is 2.97. The lowest BCUT2D eigenvalue weighted by atomic mass is 10.0. The van der Waals surface area contributed by atoms with Crippen LogP contribution in [-0.2, 0) is 4.79 Å². The van der Waals surface area contributed by atoms with Gasteiger partial charge in [-0.1, -0.05) is 36.4 Å². The van der Waals surface area contributed by atoms with Crippen molar-refractivity contribution in [3.05, 3.63) is 36.2 Å². The van der Waals surface area contributed by atoms with E-state index in [1.54, 1.807) is 6.33 Å². The van der Waals surface area contributed by atoms with Gasteiger partial charge in [-0.3, -0.25) is 9.36 Å². The molecular weight excluding hydrogens is 296 g/mol. The van der Waals surface area contributed by atoms with Gasteiger partial charge in [0.2, 0.25) is 5.91 Å². The number of carbonyl (C=O) groups excluding carboxylic acids is 1. The van der Waals surface area contributed by atoms with Crippen molar-refractivity contribution in [2.45, 2.75) is 44.8 Å². The van der Waals surface area contributed by atoms with Crippen molar-refractivity contribution in [1.82, 2.24) is 20.1 Å². The first-order valence-corrected chi connectivity index (χ1v) is 8.31. The van der Waals surface area contributed by atoms with Gasteiger partial charge >= 0.3 is 0 Å². The van der Waals surface area contributed by atoms with Crippen molar-refractivity contribution in [3.8, 4) is 5.69 Å². The Morgan fingerprint density at radius 3 is 2.64 bits per heavy atom. The van der Waals surface area contributed by atoms with E-state index in [4.69, 9.17) is 0 Å². The predicted molar refractivity (Wildman–Crippen MR) is 89.3 cm³/mol. The van der Waals surface area contributed by atoms with Crippen LogP contribution >= 0.6 is 11.8 Å². The fourth-order valence-electron chi connectivity index (χ4n) is 1.84. The molecule has 0 aliphatic rings. The second kappa shape index (κ2) is 6.96. The van der Waals surface area contributed by atoms with E-state index in [9.17, 15) is 4.79 Å². The largest absolute Gasteiger partial charge is 0.351 e. The van der Waals surface area contributed by atoms with Crippen LogP contribution in [0.1, 0.15) is 32.8 Å². The summed E-state index contributed by atoms with van der Waals surface area (Å²) in [5.74, 6) is 0.337. The van der Waals surface area contributed by atoms with E-state index in [1.165, 1.54) is 17.3 Å². The molecule has 0 aliphatic heterocycles. The van der Waals surface area contributed by atoms with E-state index in [1.807, 2.05) is 49.6 Å². The minimum absolute atomic E-state index is 0.00954. The number of amides is 1. The number of hydrogen-bond acceptors (Lipinski definition) is 4. The third-order valence-corrected chi connectivity index (χ3v) is 4.47. The van der Waals surface area contributed by atoms with Crippen molar-refractivity contribution < 1.29 is 4.79 Å². The maximum absolute atomic E-state index is 12.0. The average molecular weight is 318 g/mol. The highest BCUT2D eigenvalue weighted by Crippen LogP contribution is 2.20.